The number of Topliss-reactive ketones (excluding diaryl/α,β-unsaturated/α-hetero) is 1. The van der Waals surface area contributed by atoms with Crippen molar-refractivity contribution in [2.24, 2.45) is 40.9 Å². The third-order valence-corrected chi connectivity index (χ3v) is 9.43. The minimum Gasteiger partial charge on any atom is -0.387 e. The zero-order valence-electron chi connectivity index (χ0n) is 15.4. The lowest BCUT2D eigenvalue weighted by atomic mass is 9.49. The first kappa shape index (κ1) is 18.4. The van der Waals surface area contributed by atoms with Gasteiger partial charge in [0, 0.05) is 5.92 Å². The first-order valence-corrected chi connectivity index (χ1v) is 11.4. The summed E-state index contributed by atoms with van der Waals surface area (Å²) in [4.78, 5) is 12.5. The van der Waals surface area contributed by atoms with E-state index in [1.54, 1.807) is 0 Å². The van der Waals surface area contributed by atoms with E-state index in [4.69, 9.17) is 0 Å². The van der Waals surface area contributed by atoms with E-state index >= 15 is 0 Å². The minimum atomic E-state index is -1.04. The summed E-state index contributed by atoms with van der Waals surface area (Å²) in [7, 11) is 0. The van der Waals surface area contributed by atoms with Crippen molar-refractivity contribution in [3.63, 3.8) is 0 Å². The Kier molecular flexibility index (Phi) is 4.84. The highest BCUT2D eigenvalue weighted by Crippen LogP contribution is 2.64. The Labute approximate surface area is 159 Å². The molecule has 0 aromatic carbocycles. The summed E-state index contributed by atoms with van der Waals surface area (Å²) in [5.41, 5.74) is -0.842. The number of carbonyl (C=O) groups excluding carboxylic acids is 1. The fourth-order valence-electron chi connectivity index (χ4n) is 7.71. The quantitative estimate of drug-likeness (QED) is 0.665. The van der Waals surface area contributed by atoms with Gasteiger partial charge in [-0.05, 0) is 92.8 Å². The average molecular weight is 415 g/mol. The smallest absolute Gasteiger partial charge is 0.147 e. The monoisotopic (exact) mass is 414 g/mol. The number of hydrogen-bond acceptors (Lipinski definition) is 2. The first-order valence-electron chi connectivity index (χ1n) is 10.3. The fraction of sp³-hybridized carbons (Fsp3) is 0.952. The summed E-state index contributed by atoms with van der Waals surface area (Å²) < 4.78 is 13.2. The van der Waals surface area contributed by atoms with Gasteiger partial charge in [-0.2, -0.15) is 0 Å². The fourth-order valence-corrected chi connectivity index (χ4v) is 8.10. The third-order valence-electron chi connectivity index (χ3n) is 8.87. The number of halogens is 2. The van der Waals surface area contributed by atoms with Gasteiger partial charge in [0.2, 0.25) is 0 Å². The first-order chi connectivity index (χ1) is 11.9. The number of rotatable bonds is 3. The predicted molar refractivity (Wildman–Crippen MR) is 100 cm³/mol. The molecule has 0 aromatic heterocycles. The van der Waals surface area contributed by atoms with E-state index in [9.17, 15) is 14.3 Å². The molecule has 1 N–H and O–H groups in total. The summed E-state index contributed by atoms with van der Waals surface area (Å²) in [5, 5.41) is 10.9. The lowest BCUT2D eigenvalue weighted by Gasteiger charge is -2.56. The Morgan fingerprint density at radius 2 is 1.84 bits per heavy atom. The van der Waals surface area contributed by atoms with Crippen LogP contribution in [0.25, 0.3) is 0 Å². The summed E-state index contributed by atoms with van der Waals surface area (Å²) in [5.74, 6) is 4.05. The van der Waals surface area contributed by atoms with Crippen LogP contribution in [0.2, 0.25) is 0 Å². The molecule has 142 valence electrons. The van der Waals surface area contributed by atoms with E-state index in [1.807, 2.05) is 0 Å². The van der Waals surface area contributed by atoms with E-state index in [2.05, 4.69) is 22.9 Å². The molecule has 4 rings (SSSR count). The molecule has 0 aliphatic heterocycles. The minimum absolute atomic E-state index is 0.202. The van der Waals surface area contributed by atoms with Crippen LogP contribution in [-0.2, 0) is 4.79 Å². The number of fused-ring (bicyclic) bond motifs is 5. The Morgan fingerprint density at radius 1 is 1.08 bits per heavy atom. The zero-order chi connectivity index (χ0) is 17.8. The number of hydrogen-bond donors (Lipinski definition) is 1. The maximum atomic E-state index is 13.2. The molecule has 0 heterocycles. The molecule has 0 saturated heterocycles. The molecule has 2 nitrogen and oxygen atoms in total. The van der Waals surface area contributed by atoms with E-state index in [1.165, 1.54) is 25.7 Å². The Hall–Kier alpha value is 0.0400. The molecule has 1 unspecified atom stereocenters. The van der Waals surface area contributed by atoms with Gasteiger partial charge < -0.3 is 5.11 Å². The van der Waals surface area contributed by atoms with Crippen LogP contribution in [0.15, 0.2) is 0 Å². The normalized spacial score (nSPS) is 52.2. The molecule has 8 atom stereocenters. The molecule has 4 fully saturated rings. The van der Waals surface area contributed by atoms with Crippen LogP contribution in [0.4, 0.5) is 4.39 Å². The van der Waals surface area contributed by atoms with Crippen molar-refractivity contribution in [1.82, 2.24) is 0 Å². The molecule has 4 aliphatic rings. The molecule has 0 aromatic rings. The molecule has 0 amide bonds. The van der Waals surface area contributed by atoms with Crippen LogP contribution in [-0.4, -0.2) is 28.5 Å². The van der Waals surface area contributed by atoms with Gasteiger partial charge in [-0.25, -0.2) is 4.39 Å². The molecule has 25 heavy (non-hydrogen) atoms. The van der Waals surface area contributed by atoms with E-state index in [0.29, 0.717) is 41.7 Å². The molecule has 0 spiro atoms. The van der Waals surface area contributed by atoms with Gasteiger partial charge in [0.25, 0.3) is 0 Å². The van der Waals surface area contributed by atoms with Crippen LogP contribution in [0.5, 0.6) is 0 Å². The number of ketones is 1. The van der Waals surface area contributed by atoms with Crippen molar-refractivity contribution in [3.8, 4) is 0 Å². The van der Waals surface area contributed by atoms with Gasteiger partial charge in [0.15, 0.2) is 0 Å². The van der Waals surface area contributed by atoms with Gasteiger partial charge >= 0.3 is 0 Å². The highest BCUT2D eigenvalue weighted by Gasteiger charge is 2.58. The highest BCUT2D eigenvalue weighted by molar-refractivity contribution is 9.09. The lowest BCUT2D eigenvalue weighted by Crippen LogP contribution is -2.52. The van der Waals surface area contributed by atoms with Gasteiger partial charge in [0.05, 0.1) is 10.9 Å². The van der Waals surface area contributed by atoms with Crippen molar-refractivity contribution in [2.45, 2.75) is 70.3 Å². The van der Waals surface area contributed by atoms with Crippen LogP contribution < -0.4 is 0 Å². The number of alkyl halides is 2. The standard InChI is InChI=1S/C21H32BrFO2/c1-20-8-6-15-14-7-9-21(25,12-23)10-13(14)2-3-16(15)17(20)4-5-18(20)19(24)11-22/h13-18,25H,2-12H2,1H3/t13-,14?,15-,16-,17+,18-,20+,21-/m1/s1. The van der Waals surface area contributed by atoms with Crippen molar-refractivity contribution >= 4 is 21.7 Å². The largest absolute Gasteiger partial charge is 0.387 e. The summed E-state index contributed by atoms with van der Waals surface area (Å²) in [6.07, 6.45) is 9.39. The van der Waals surface area contributed by atoms with Crippen molar-refractivity contribution in [1.29, 1.82) is 0 Å². The number of carbonyl (C=O) groups is 1. The molecular weight excluding hydrogens is 383 g/mol. The molecule has 4 saturated carbocycles. The zero-order valence-corrected chi connectivity index (χ0v) is 16.9. The maximum Gasteiger partial charge on any atom is 0.147 e. The van der Waals surface area contributed by atoms with Gasteiger partial charge in [-0.3, -0.25) is 4.79 Å². The van der Waals surface area contributed by atoms with Crippen molar-refractivity contribution in [3.05, 3.63) is 0 Å². The number of aliphatic hydroxyl groups is 1. The molecule has 0 bridgehead atoms. The lowest BCUT2D eigenvalue weighted by molar-refractivity contribution is -0.131. The molecule has 4 aliphatic carbocycles. The second-order valence-corrected chi connectivity index (χ2v) is 10.4. The average Bonchev–Trinajstić information content (AvgIpc) is 2.98. The highest BCUT2D eigenvalue weighted by atomic mass is 79.9. The van der Waals surface area contributed by atoms with Crippen LogP contribution in [0.3, 0.4) is 0 Å². The topological polar surface area (TPSA) is 37.3 Å². The Bertz CT molecular complexity index is 540. The van der Waals surface area contributed by atoms with Gasteiger partial charge in [0.1, 0.15) is 12.5 Å². The predicted octanol–water partition coefficient (Wildman–Crippen LogP) is 4.92. The Morgan fingerprint density at radius 3 is 2.56 bits per heavy atom. The van der Waals surface area contributed by atoms with Gasteiger partial charge in [-0.1, -0.05) is 22.9 Å². The van der Waals surface area contributed by atoms with Crippen LogP contribution in [0, 0.1) is 40.9 Å². The van der Waals surface area contributed by atoms with Gasteiger partial charge in [-0.15, -0.1) is 0 Å². The van der Waals surface area contributed by atoms with Crippen molar-refractivity contribution in [2.75, 3.05) is 12.0 Å². The molecular formula is C21H32BrFO2. The summed E-state index contributed by atoms with van der Waals surface area (Å²) in [6, 6.07) is 0. The van der Waals surface area contributed by atoms with Crippen molar-refractivity contribution < 1.29 is 14.3 Å². The van der Waals surface area contributed by atoms with E-state index < -0.39 is 12.3 Å². The van der Waals surface area contributed by atoms with E-state index in [-0.39, 0.29) is 11.3 Å². The third kappa shape index (κ3) is 2.85. The molecule has 0 radical (unpaired) electrons. The summed E-state index contributed by atoms with van der Waals surface area (Å²) >= 11 is 3.39. The Balaban J connectivity index is 1.52. The summed E-state index contributed by atoms with van der Waals surface area (Å²) in [6.45, 7) is 1.81. The van der Waals surface area contributed by atoms with Crippen LogP contribution >= 0.6 is 15.9 Å². The van der Waals surface area contributed by atoms with Crippen LogP contribution in [0.1, 0.15) is 64.7 Å². The molecule has 4 heteroatoms. The maximum absolute atomic E-state index is 13.2. The second-order valence-electron chi connectivity index (χ2n) is 9.81. The SMILES string of the molecule is C[C@]12CC[C@@H]3C4CC[C@](O)(CF)C[C@H]4CC[C@H]3[C@@H]1CC[C@@H]2C(=O)CBr. The second kappa shape index (κ2) is 6.58. The van der Waals surface area contributed by atoms with E-state index in [0.717, 1.165) is 31.1 Å².